The van der Waals surface area contributed by atoms with Crippen molar-refractivity contribution >= 4 is 40.3 Å². The summed E-state index contributed by atoms with van der Waals surface area (Å²) in [7, 11) is 0. The van der Waals surface area contributed by atoms with Gasteiger partial charge in [0, 0.05) is 62.6 Å². The molecule has 0 saturated carbocycles. The Bertz CT molecular complexity index is 1470. The number of benzene rings is 2. The highest BCUT2D eigenvalue weighted by atomic mass is 19.1. The van der Waals surface area contributed by atoms with Gasteiger partial charge in [-0.2, -0.15) is 4.98 Å². The van der Waals surface area contributed by atoms with Gasteiger partial charge >= 0.3 is 0 Å². The minimum Gasteiger partial charge on any atom is -0.423 e. The molecule has 3 aliphatic heterocycles. The monoisotopic (exact) mass is 593 g/mol. The largest absolute Gasteiger partial charge is 0.423 e. The normalized spacial score (nSPS) is 20.7. The fourth-order valence-corrected chi connectivity index (χ4v) is 6.35. The number of hydrogen-bond donors (Lipinski definition) is 3. The van der Waals surface area contributed by atoms with Crippen molar-refractivity contribution in [3.8, 4) is 0 Å². The van der Waals surface area contributed by atoms with Gasteiger partial charge in [0.15, 0.2) is 5.58 Å². The lowest BCUT2D eigenvalue weighted by molar-refractivity contribution is -0.127. The van der Waals surface area contributed by atoms with Crippen molar-refractivity contribution in [3.63, 3.8) is 0 Å². The molecule has 3 unspecified atom stereocenters. The minimum atomic E-state index is -0.656. The maximum absolute atomic E-state index is 14.4. The summed E-state index contributed by atoms with van der Waals surface area (Å²) in [6.07, 6.45) is 0.883. The van der Waals surface area contributed by atoms with Crippen LogP contribution in [0.4, 0.5) is 21.8 Å². The molecule has 0 spiro atoms. The lowest BCUT2D eigenvalue weighted by atomic mass is 9.88. The van der Waals surface area contributed by atoms with Gasteiger partial charge in [-0.3, -0.25) is 9.59 Å². The van der Waals surface area contributed by atoms with E-state index >= 15 is 0 Å². The number of carbonyl (C=O) groups excluding carboxylic acids is 2. The van der Waals surface area contributed by atoms with Crippen molar-refractivity contribution in [2.45, 2.75) is 38.3 Å². The Morgan fingerprint density at radius 2 is 1.91 bits per heavy atom. The Balaban J connectivity index is 1.10. The molecule has 2 fully saturated rings. The average molecular weight is 594 g/mol. The lowest BCUT2D eigenvalue weighted by Gasteiger charge is -2.40. The van der Waals surface area contributed by atoms with E-state index in [1.54, 1.807) is 6.07 Å². The standard InChI is InChI=1S/C31H40FN7O4/c1-19(2)29(33)30(41)35-17-28(40)34-8-10-39-25-7-9-38(18-23(25)22-5-3-20(32)15-26(22)39)21-4-6-27-24(16-21)36-31(43-27)37-11-13-42-14-12-37/h3-6,15-16,19,23,25,29H,7-14,17-18,33H2,1-2H3,(H,34,40)(H,35,41). The second-order valence-corrected chi connectivity index (χ2v) is 11.9. The van der Waals surface area contributed by atoms with E-state index in [1.165, 1.54) is 6.07 Å². The van der Waals surface area contributed by atoms with E-state index in [-0.39, 0.29) is 42.1 Å². The number of aromatic nitrogens is 1. The molecule has 6 rings (SSSR count). The molecule has 0 aliphatic carbocycles. The first-order valence-electron chi connectivity index (χ1n) is 15.1. The highest BCUT2D eigenvalue weighted by molar-refractivity contribution is 5.87. The summed E-state index contributed by atoms with van der Waals surface area (Å²) in [4.78, 5) is 36.0. The van der Waals surface area contributed by atoms with Crippen LogP contribution in [0.1, 0.15) is 31.7 Å². The highest BCUT2D eigenvalue weighted by Gasteiger charge is 2.42. The molecule has 1 aromatic heterocycles. The number of hydrogen-bond acceptors (Lipinski definition) is 9. The van der Waals surface area contributed by atoms with Crippen molar-refractivity contribution in [2.24, 2.45) is 11.7 Å². The van der Waals surface area contributed by atoms with Crippen molar-refractivity contribution < 1.29 is 23.1 Å². The summed E-state index contributed by atoms with van der Waals surface area (Å²) in [6, 6.07) is 11.3. The second-order valence-electron chi connectivity index (χ2n) is 11.9. The molecule has 2 saturated heterocycles. The zero-order chi connectivity index (χ0) is 30.1. The zero-order valence-electron chi connectivity index (χ0n) is 24.7. The van der Waals surface area contributed by atoms with Crippen molar-refractivity contribution in [2.75, 3.05) is 73.7 Å². The van der Waals surface area contributed by atoms with Crippen molar-refractivity contribution in [1.29, 1.82) is 0 Å². The summed E-state index contributed by atoms with van der Waals surface area (Å²) in [5, 5.41) is 5.48. The summed E-state index contributed by atoms with van der Waals surface area (Å²) < 4.78 is 25.9. The second kappa shape index (κ2) is 12.4. The number of rotatable bonds is 9. The molecule has 2 amide bonds. The zero-order valence-corrected chi connectivity index (χ0v) is 24.7. The number of amides is 2. The van der Waals surface area contributed by atoms with Gasteiger partial charge in [0.05, 0.1) is 25.8 Å². The van der Waals surface area contributed by atoms with E-state index < -0.39 is 6.04 Å². The number of nitrogens with zero attached hydrogens (tertiary/aromatic N) is 4. The molecular weight excluding hydrogens is 553 g/mol. The summed E-state index contributed by atoms with van der Waals surface area (Å²) in [6.45, 7) is 8.98. The molecule has 4 heterocycles. The van der Waals surface area contributed by atoms with Crippen LogP contribution in [0.25, 0.3) is 11.1 Å². The van der Waals surface area contributed by atoms with Crippen LogP contribution in [-0.2, 0) is 14.3 Å². The highest BCUT2D eigenvalue weighted by Crippen LogP contribution is 2.45. The molecule has 3 aliphatic rings. The first-order chi connectivity index (χ1) is 20.8. The molecule has 12 heteroatoms. The molecule has 11 nitrogen and oxygen atoms in total. The Morgan fingerprint density at radius 3 is 2.70 bits per heavy atom. The third kappa shape index (κ3) is 6.12. The van der Waals surface area contributed by atoms with Gasteiger partial charge in [0.2, 0.25) is 11.8 Å². The summed E-state index contributed by atoms with van der Waals surface area (Å²) in [5.41, 5.74) is 10.5. The maximum Gasteiger partial charge on any atom is 0.298 e. The predicted octanol–water partition coefficient (Wildman–Crippen LogP) is 2.20. The molecule has 43 heavy (non-hydrogen) atoms. The topological polar surface area (TPSA) is 129 Å². The number of halogens is 1. The number of morpholine rings is 1. The van der Waals surface area contributed by atoms with Crippen LogP contribution in [-0.4, -0.2) is 87.9 Å². The SMILES string of the molecule is CC(C)C(N)C(=O)NCC(=O)NCCN1c2cc(F)ccc2C2CN(c3ccc4oc(N5CCOCC5)nc4c3)CCC21. The van der Waals surface area contributed by atoms with E-state index in [1.807, 2.05) is 26.0 Å². The van der Waals surface area contributed by atoms with Crippen LogP contribution in [0.15, 0.2) is 40.8 Å². The van der Waals surface area contributed by atoms with Gasteiger partial charge in [-0.05, 0) is 48.2 Å². The smallest absolute Gasteiger partial charge is 0.298 e. The van der Waals surface area contributed by atoms with Crippen LogP contribution in [0.2, 0.25) is 0 Å². The summed E-state index contributed by atoms with van der Waals surface area (Å²) in [5.74, 6) is -0.733. The first kappa shape index (κ1) is 29.2. The number of nitrogens with two attached hydrogens (primary N) is 1. The molecule has 3 atom stereocenters. The van der Waals surface area contributed by atoms with Gasteiger partial charge in [0.1, 0.15) is 11.3 Å². The summed E-state index contributed by atoms with van der Waals surface area (Å²) >= 11 is 0. The van der Waals surface area contributed by atoms with Gasteiger partial charge in [-0.25, -0.2) is 4.39 Å². The molecular formula is C31H40FN7O4. The van der Waals surface area contributed by atoms with Gasteiger partial charge < -0.3 is 40.2 Å². The number of oxazole rings is 1. The molecule has 4 N–H and O–H groups in total. The number of nitrogens with one attached hydrogen (secondary N) is 2. The average Bonchev–Trinajstić information content (AvgIpc) is 3.58. The Kier molecular flexibility index (Phi) is 8.40. The van der Waals surface area contributed by atoms with Gasteiger partial charge in [-0.15, -0.1) is 0 Å². The number of ether oxygens (including phenoxy) is 1. The number of piperidine rings is 1. The van der Waals surface area contributed by atoms with E-state index in [0.717, 1.165) is 60.6 Å². The quantitative estimate of drug-likeness (QED) is 0.342. The maximum atomic E-state index is 14.4. The first-order valence-corrected chi connectivity index (χ1v) is 15.1. The van der Waals surface area contributed by atoms with Crippen molar-refractivity contribution in [1.82, 2.24) is 15.6 Å². The van der Waals surface area contributed by atoms with Gasteiger partial charge in [-0.1, -0.05) is 19.9 Å². The molecule has 3 aromatic rings. The van der Waals surface area contributed by atoms with Gasteiger partial charge in [0.25, 0.3) is 6.01 Å². The third-order valence-electron chi connectivity index (χ3n) is 8.80. The van der Waals surface area contributed by atoms with Crippen LogP contribution >= 0.6 is 0 Å². The van der Waals surface area contributed by atoms with E-state index in [9.17, 15) is 14.0 Å². The number of fused-ring (bicyclic) bond motifs is 4. The van der Waals surface area contributed by atoms with Crippen LogP contribution < -0.4 is 31.1 Å². The number of carbonyl (C=O) groups is 2. The Hall–Kier alpha value is -3.90. The molecule has 2 aromatic carbocycles. The minimum absolute atomic E-state index is 0.0171. The molecule has 0 radical (unpaired) electrons. The van der Waals surface area contributed by atoms with Crippen LogP contribution in [0, 0.1) is 11.7 Å². The van der Waals surface area contributed by atoms with E-state index in [4.69, 9.17) is 19.9 Å². The van der Waals surface area contributed by atoms with E-state index in [2.05, 4.69) is 37.5 Å². The fraction of sp³-hybridized carbons (Fsp3) is 0.516. The molecule has 230 valence electrons. The van der Waals surface area contributed by atoms with Crippen molar-refractivity contribution in [3.05, 3.63) is 47.8 Å². The fourth-order valence-electron chi connectivity index (χ4n) is 6.35. The van der Waals surface area contributed by atoms with E-state index in [0.29, 0.717) is 32.3 Å². The molecule has 0 bridgehead atoms. The Morgan fingerprint density at radius 1 is 1.09 bits per heavy atom. The third-order valence-corrected chi connectivity index (χ3v) is 8.80. The van der Waals surface area contributed by atoms with Crippen LogP contribution in [0.3, 0.4) is 0 Å². The predicted molar refractivity (Wildman–Crippen MR) is 163 cm³/mol. The Labute approximate surface area is 250 Å². The van der Waals surface area contributed by atoms with Crippen LogP contribution in [0.5, 0.6) is 0 Å². The number of anilines is 3. The lowest BCUT2D eigenvalue weighted by Crippen LogP contribution is -2.49.